The fraction of sp³-hybridized carbons (Fsp3) is 0.280. The summed E-state index contributed by atoms with van der Waals surface area (Å²) < 4.78 is 26.0. The van der Waals surface area contributed by atoms with Crippen LogP contribution in [0.1, 0.15) is 26.3 Å². The zero-order valence-electron chi connectivity index (χ0n) is 17.6. The van der Waals surface area contributed by atoms with E-state index in [1.165, 1.54) is 0 Å². The van der Waals surface area contributed by atoms with Crippen molar-refractivity contribution in [3.63, 3.8) is 0 Å². The maximum Gasteiger partial charge on any atom is 0.203 e. The van der Waals surface area contributed by atoms with Crippen molar-refractivity contribution in [2.45, 2.75) is 38.3 Å². The molecule has 2 aromatic rings. The summed E-state index contributed by atoms with van der Waals surface area (Å²) in [6, 6.07) is 18.6. The summed E-state index contributed by atoms with van der Waals surface area (Å²) in [6.45, 7) is 15.0. The molecule has 0 unspecified atom stereocenters. The molecule has 0 radical (unpaired) electrons. The van der Waals surface area contributed by atoms with Crippen LogP contribution in [-0.2, 0) is 16.4 Å². The maximum absolute atomic E-state index is 13.0. The lowest BCUT2D eigenvalue weighted by Gasteiger charge is -2.33. The molecule has 0 N–H and O–H groups in total. The minimum Gasteiger partial charge on any atom is -0.287 e. The average molecular weight is 410 g/mol. The largest absolute Gasteiger partial charge is 0.287 e. The van der Waals surface area contributed by atoms with Crippen LogP contribution in [0.3, 0.4) is 0 Å². The Morgan fingerprint density at radius 1 is 1.00 bits per heavy atom. The number of allylic oxidation sites excluding steroid dienone is 2. The Balaban J connectivity index is 2.35. The molecule has 0 aliphatic rings. The molecule has 0 aliphatic heterocycles. The molecule has 0 amide bonds. The summed E-state index contributed by atoms with van der Waals surface area (Å²) in [6.07, 6.45) is 4.11. The molecule has 1 atom stereocenters. The molecule has 29 heavy (non-hydrogen) atoms. The predicted molar refractivity (Wildman–Crippen MR) is 122 cm³/mol. The van der Waals surface area contributed by atoms with E-state index < -0.39 is 9.84 Å². The van der Waals surface area contributed by atoms with E-state index in [4.69, 9.17) is 0 Å². The predicted octanol–water partition coefficient (Wildman–Crippen LogP) is 5.63. The van der Waals surface area contributed by atoms with Gasteiger partial charge in [0.15, 0.2) is 0 Å². The van der Waals surface area contributed by atoms with Crippen LogP contribution in [-0.4, -0.2) is 25.9 Å². The van der Waals surface area contributed by atoms with E-state index >= 15 is 0 Å². The molecular formula is C25H31NO2S. The zero-order valence-corrected chi connectivity index (χ0v) is 18.4. The van der Waals surface area contributed by atoms with Gasteiger partial charge in [-0.25, -0.2) is 8.42 Å². The molecule has 0 fully saturated rings. The Bertz CT molecular complexity index is 945. The number of rotatable bonds is 10. The van der Waals surface area contributed by atoms with Gasteiger partial charge in [-0.1, -0.05) is 93.3 Å². The molecule has 0 aromatic heterocycles. The molecule has 3 nitrogen and oxygen atoms in total. The number of benzene rings is 2. The van der Waals surface area contributed by atoms with Gasteiger partial charge in [-0.15, -0.1) is 0 Å². The second-order valence-electron chi connectivity index (χ2n) is 7.69. The van der Waals surface area contributed by atoms with Gasteiger partial charge in [-0.3, -0.25) is 4.90 Å². The van der Waals surface area contributed by atoms with Gasteiger partial charge < -0.3 is 0 Å². The van der Waals surface area contributed by atoms with Crippen LogP contribution >= 0.6 is 0 Å². The van der Waals surface area contributed by atoms with E-state index in [1.54, 1.807) is 30.3 Å². The smallest absolute Gasteiger partial charge is 0.203 e. The van der Waals surface area contributed by atoms with Gasteiger partial charge in [0.2, 0.25) is 9.84 Å². The van der Waals surface area contributed by atoms with Crippen LogP contribution in [0.25, 0.3) is 0 Å². The summed E-state index contributed by atoms with van der Waals surface area (Å²) >= 11 is 0. The highest BCUT2D eigenvalue weighted by Gasteiger charge is 2.26. The number of hydrogen-bond acceptors (Lipinski definition) is 3. The first-order valence-electron chi connectivity index (χ1n) is 9.81. The second-order valence-corrected chi connectivity index (χ2v) is 9.74. The summed E-state index contributed by atoms with van der Waals surface area (Å²) in [4.78, 5) is 2.65. The lowest BCUT2D eigenvalue weighted by molar-refractivity contribution is 0.199. The van der Waals surface area contributed by atoms with E-state index in [9.17, 15) is 8.42 Å². The molecule has 0 spiro atoms. The topological polar surface area (TPSA) is 37.4 Å². The van der Waals surface area contributed by atoms with Gasteiger partial charge in [-0.05, 0) is 30.5 Å². The normalized spacial score (nSPS) is 13.1. The number of sulfone groups is 1. The van der Waals surface area contributed by atoms with Crippen molar-refractivity contribution in [3.8, 4) is 0 Å². The monoisotopic (exact) mass is 409 g/mol. The van der Waals surface area contributed by atoms with Crippen molar-refractivity contribution in [1.82, 2.24) is 4.90 Å². The maximum atomic E-state index is 13.0. The molecule has 0 aliphatic carbocycles. The third-order valence-corrected chi connectivity index (χ3v) is 6.51. The van der Waals surface area contributed by atoms with Crippen molar-refractivity contribution in [1.29, 1.82) is 0 Å². The van der Waals surface area contributed by atoms with E-state index in [-0.39, 0.29) is 22.4 Å². The van der Waals surface area contributed by atoms with E-state index in [0.29, 0.717) is 12.5 Å². The standard InChI is InChI=1S/C25H31NO2S/c1-20(2)16-17-25(21(3)4)26(19-23-12-8-6-9-13-23)18-22(5)29(27,28)24-14-10-7-11-15-24/h6-17,21,25H,1,5,18-19H2,2-4H3/b17-16+/t25-/m1/s1. The quantitative estimate of drug-likeness (QED) is 0.477. The molecule has 154 valence electrons. The third-order valence-electron chi connectivity index (χ3n) is 4.72. The Labute approximate surface area is 176 Å². The first-order chi connectivity index (χ1) is 13.7. The van der Waals surface area contributed by atoms with Crippen LogP contribution in [0.4, 0.5) is 0 Å². The highest BCUT2D eigenvalue weighted by molar-refractivity contribution is 7.95. The fourth-order valence-electron chi connectivity index (χ4n) is 3.19. The van der Waals surface area contributed by atoms with Gasteiger partial charge in [-0.2, -0.15) is 0 Å². The molecule has 0 saturated heterocycles. The number of hydrogen-bond donors (Lipinski definition) is 0. The Morgan fingerprint density at radius 3 is 2.07 bits per heavy atom. The Kier molecular flexibility index (Phi) is 8.18. The van der Waals surface area contributed by atoms with Gasteiger partial charge in [0.25, 0.3) is 0 Å². The van der Waals surface area contributed by atoms with Crippen LogP contribution in [0.5, 0.6) is 0 Å². The first kappa shape index (κ1) is 22.9. The highest BCUT2D eigenvalue weighted by atomic mass is 32.2. The summed E-state index contributed by atoms with van der Waals surface area (Å²) in [5.74, 6) is 0.293. The van der Waals surface area contributed by atoms with Gasteiger partial charge >= 0.3 is 0 Å². The van der Waals surface area contributed by atoms with Gasteiger partial charge in [0, 0.05) is 19.1 Å². The van der Waals surface area contributed by atoms with Crippen LogP contribution in [0.15, 0.2) is 101 Å². The molecule has 0 saturated carbocycles. The second kappa shape index (κ2) is 10.4. The number of nitrogens with zero attached hydrogens (tertiary/aromatic N) is 1. The van der Waals surface area contributed by atoms with Crippen molar-refractivity contribution < 1.29 is 8.42 Å². The highest BCUT2D eigenvalue weighted by Crippen LogP contribution is 2.23. The minimum absolute atomic E-state index is 0.0506. The molecule has 2 aromatic carbocycles. The lowest BCUT2D eigenvalue weighted by Crippen LogP contribution is -2.39. The average Bonchev–Trinajstić information content (AvgIpc) is 2.69. The summed E-state index contributed by atoms with van der Waals surface area (Å²) in [5, 5.41) is 0. The van der Waals surface area contributed by atoms with E-state index in [1.807, 2.05) is 31.2 Å². The zero-order chi connectivity index (χ0) is 21.4. The van der Waals surface area contributed by atoms with Crippen molar-refractivity contribution in [2.75, 3.05) is 6.54 Å². The Morgan fingerprint density at radius 2 is 1.55 bits per heavy atom. The summed E-state index contributed by atoms with van der Waals surface area (Å²) in [7, 11) is -3.59. The lowest BCUT2D eigenvalue weighted by atomic mass is 10.00. The third kappa shape index (κ3) is 6.55. The molecular weight excluding hydrogens is 378 g/mol. The SMILES string of the molecule is C=C(C)/C=C/[C@H](C(C)C)N(CC(=C)S(=O)(=O)c1ccccc1)Cc1ccccc1. The van der Waals surface area contributed by atoms with E-state index in [2.05, 4.69) is 50.1 Å². The Hall–Kier alpha value is -2.43. The van der Waals surface area contributed by atoms with Crippen molar-refractivity contribution in [2.24, 2.45) is 5.92 Å². The van der Waals surface area contributed by atoms with Crippen molar-refractivity contribution >= 4 is 9.84 Å². The fourth-order valence-corrected chi connectivity index (χ4v) is 4.38. The van der Waals surface area contributed by atoms with E-state index in [0.717, 1.165) is 11.1 Å². The molecule has 2 rings (SSSR count). The van der Waals surface area contributed by atoms with Crippen LogP contribution in [0, 0.1) is 5.92 Å². The first-order valence-corrected chi connectivity index (χ1v) is 11.3. The van der Waals surface area contributed by atoms with Crippen LogP contribution < -0.4 is 0 Å². The van der Waals surface area contributed by atoms with Gasteiger partial charge in [0.05, 0.1) is 9.80 Å². The van der Waals surface area contributed by atoms with Crippen molar-refractivity contribution in [3.05, 3.63) is 102 Å². The van der Waals surface area contributed by atoms with Gasteiger partial charge in [0.1, 0.15) is 0 Å². The molecule has 0 bridgehead atoms. The molecule has 4 heteroatoms. The summed E-state index contributed by atoms with van der Waals surface area (Å²) in [5.41, 5.74) is 2.10. The van der Waals surface area contributed by atoms with Crippen LogP contribution in [0.2, 0.25) is 0 Å². The molecule has 0 heterocycles. The minimum atomic E-state index is -3.59.